The molecule has 2 heterocycles. The van der Waals surface area contributed by atoms with Gasteiger partial charge < -0.3 is 15.2 Å². The second-order valence-electron chi connectivity index (χ2n) is 7.87. The molecule has 160 valence electrons. The van der Waals surface area contributed by atoms with Gasteiger partial charge in [-0.2, -0.15) is 4.98 Å². The molecule has 0 spiro atoms. The van der Waals surface area contributed by atoms with Crippen LogP contribution in [0.4, 0.5) is 0 Å². The molecule has 1 aliphatic heterocycles. The number of benzene rings is 1. The Morgan fingerprint density at radius 2 is 1.69 bits per heavy atom. The highest BCUT2D eigenvalue weighted by molar-refractivity contribution is 5.85. The number of nitrogens with two attached hydrogens (primary N) is 1. The van der Waals surface area contributed by atoms with Crippen molar-refractivity contribution in [2.24, 2.45) is 5.73 Å². The van der Waals surface area contributed by atoms with Gasteiger partial charge in [-0.1, -0.05) is 81.3 Å². The van der Waals surface area contributed by atoms with Crippen LogP contribution in [0.25, 0.3) is 11.4 Å². The molecule has 0 unspecified atom stereocenters. The summed E-state index contributed by atoms with van der Waals surface area (Å²) in [6.45, 7) is 3.61. The lowest BCUT2D eigenvalue weighted by Gasteiger charge is -2.37. The molecule has 0 aliphatic carbocycles. The van der Waals surface area contributed by atoms with Gasteiger partial charge in [-0.15, -0.1) is 12.4 Å². The van der Waals surface area contributed by atoms with E-state index in [1.165, 1.54) is 56.9 Å². The van der Waals surface area contributed by atoms with Crippen LogP contribution in [0.15, 0.2) is 28.8 Å². The summed E-state index contributed by atoms with van der Waals surface area (Å²) in [4.78, 5) is 6.31. The van der Waals surface area contributed by atoms with Gasteiger partial charge >= 0.3 is 0 Å². The van der Waals surface area contributed by atoms with Gasteiger partial charge in [0.2, 0.25) is 11.7 Å². The van der Waals surface area contributed by atoms with Crippen LogP contribution in [0.1, 0.15) is 75.7 Å². The Morgan fingerprint density at radius 1 is 1.07 bits per heavy atom. The molecule has 0 bridgehead atoms. The van der Waals surface area contributed by atoms with Crippen molar-refractivity contribution in [3.05, 3.63) is 35.7 Å². The quantitative estimate of drug-likeness (QED) is 0.299. The van der Waals surface area contributed by atoms with Gasteiger partial charge in [0.05, 0.1) is 5.92 Å². The fraction of sp³-hybridized carbons (Fsp3) is 0.591. The van der Waals surface area contributed by atoms with E-state index in [1.54, 1.807) is 4.90 Å². The van der Waals surface area contributed by atoms with Crippen LogP contribution in [-0.4, -0.2) is 34.1 Å². The molecule has 1 aromatic heterocycles. The first-order valence-corrected chi connectivity index (χ1v) is 10.7. The predicted octanol–water partition coefficient (Wildman–Crippen LogP) is 5.13. The van der Waals surface area contributed by atoms with Crippen molar-refractivity contribution in [3.8, 4) is 11.4 Å². The van der Waals surface area contributed by atoms with Crippen molar-refractivity contribution in [3.63, 3.8) is 0 Å². The van der Waals surface area contributed by atoms with Gasteiger partial charge in [0.25, 0.3) is 0 Å². The molecule has 1 fully saturated rings. The largest absolute Gasteiger partial charge is 0.370 e. The van der Waals surface area contributed by atoms with E-state index in [0.29, 0.717) is 24.8 Å². The maximum Gasteiger partial charge on any atom is 0.233 e. The molecule has 29 heavy (non-hydrogen) atoms. The molecule has 6 nitrogen and oxygen atoms in total. The number of unbranched alkanes of at least 4 members (excludes halogenated alkanes) is 7. The van der Waals surface area contributed by atoms with Crippen molar-refractivity contribution in [1.29, 1.82) is 5.41 Å². The summed E-state index contributed by atoms with van der Waals surface area (Å²) in [7, 11) is 0. The summed E-state index contributed by atoms with van der Waals surface area (Å²) in [6, 6.07) is 8.51. The minimum absolute atomic E-state index is 0. The molecule has 7 heteroatoms. The fourth-order valence-corrected chi connectivity index (χ4v) is 3.63. The van der Waals surface area contributed by atoms with E-state index in [-0.39, 0.29) is 24.3 Å². The average Bonchev–Trinajstić information content (AvgIpc) is 3.12. The zero-order chi connectivity index (χ0) is 19.8. The van der Waals surface area contributed by atoms with E-state index in [4.69, 9.17) is 15.7 Å². The van der Waals surface area contributed by atoms with Crippen LogP contribution >= 0.6 is 12.4 Å². The highest BCUT2D eigenvalue weighted by atomic mass is 35.5. The van der Waals surface area contributed by atoms with Crippen molar-refractivity contribution in [1.82, 2.24) is 15.0 Å². The molecule has 3 rings (SSSR count). The summed E-state index contributed by atoms with van der Waals surface area (Å²) in [5.74, 6) is 1.54. The van der Waals surface area contributed by atoms with Gasteiger partial charge in [0, 0.05) is 18.7 Å². The number of aryl methyl sites for hydroxylation is 1. The highest BCUT2D eigenvalue weighted by Gasteiger charge is 2.33. The Hall–Kier alpha value is -2.08. The van der Waals surface area contributed by atoms with Crippen LogP contribution in [0.2, 0.25) is 0 Å². The van der Waals surface area contributed by atoms with E-state index >= 15 is 0 Å². The summed E-state index contributed by atoms with van der Waals surface area (Å²) in [6.07, 6.45) is 11.9. The second-order valence-corrected chi connectivity index (χ2v) is 7.87. The third-order valence-electron chi connectivity index (χ3n) is 5.54. The lowest BCUT2D eigenvalue weighted by molar-refractivity contribution is 0.203. The van der Waals surface area contributed by atoms with Crippen molar-refractivity contribution >= 4 is 18.4 Å². The van der Waals surface area contributed by atoms with Crippen molar-refractivity contribution in [2.45, 2.75) is 70.6 Å². The molecular formula is C22H34ClN5O. The zero-order valence-corrected chi connectivity index (χ0v) is 18.2. The van der Waals surface area contributed by atoms with E-state index in [2.05, 4.69) is 41.3 Å². The van der Waals surface area contributed by atoms with Crippen molar-refractivity contribution in [2.75, 3.05) is 13.1 Å². The number of guanidine groups is 1. The smallest absolute Gasteiger partial charge is 0.233 e. The molecular weight excluding hydrogens is 386 g/mol. The highest BCUT2D eigenvalue weighted by Crippen LogP contribution is 2.27. The van der Waals surface area contributed by atoms with E-state index < -0.39 is 0 Å². The average molecular weight is 420 g/mol. The van der Waals surface area contributed by atoms with Crippen molar-refractivity contribution < 1.29 is 4.52 Å². The first-order chi connectivity index (χ1) is 13.7. The number of nitrogens with one attached hydrogen (secondary N) is 1. The van der Waals surface area contributed by atoms with E-state index in [0.717, 1.165) is 12.0 Å². The first-order valence-electron chi connectivity index (χ1n) is 10.7. The third kappa shape index (κ3) is 6.74. The van der Waals surface area contributed by atoms with E-state index in [1.807, 2.05) is 0 Å². The van der Waals surface area contributed by atoms with Crippen LogP contribution in [0, 0.1) is 5.41 Å². The molecule has 0 atom stereocenters. The van der Waals surface area contributed by atoms with E-state index in [9.17, 15) is 0 Å². The Bertz CT molecular complexity index is 740. The molecule has 0 saturated carbocycles. The van der Waals surface area contributed by atoms with Gasteiger partial charge in [-0.05, 0) is 18.4 Å². The molecule has 1 saturated heterocycles. The number of hydrogen-bond acceptors (Lipinski definition) is 4. The maximum atomic E-state index is 7.41. The summed E-state index contributed by atoms with van der Waals surface area (Å²) < 4.78 is 5.41. The maximum absolute atomic E-state index is 7.41. The number of rotatable bonds is 11. The number of nitrogens with zero attached hydrogens (tertiary/aromatic N) is 3. The lowest BCUT2D eigenvalue weighted by atomic mass is 10.0. The van der Waals surface area contributed by atoms with Crippen LogP contribution in [0.3, 0.4) is 0 Å². The number of halogens is 1. The topological polar surface area (TPSA) is 92.0 Å². The van der Waals surface area contributed by atoms with Gasteiger partial charge in [-0.25, -0.2) is 0 Å². The third-order valence-corrected chi connectivity index (χ3v) is 5.54. The Labute approximate surface area is 180 Å². The number of hydrogen-bond donors (Lipinski definition) is 2. The normalized spacial score (nSPS) is 13.8. The molecule has 1 aromatic carbocycles. The molecule has 0 radical (unpaired) electrons. The molecule has 0 amide bonds. The molecule has 2 aromatic rings. The minimum atomic E-state index is 0. The number of likely N-dealkylation sites (tertiary alicyclic amines) is 1. The molecule has 1 aliphatic rings. The lowest BCUT2D eigenvalue weighted by Crippen LogP contribution is -2.51. The minimum Gasteiger partial charge on any atom is -0.370 e. The fourth-order valence-electron chi connectivity index (χ4n) is 3.63. The monoisotopic (exact) mass is 419 g/mol. The van der Waals surface area contributed by atoms with Gasteiger partial charge in [0.15, 0.2) is 5.96 Å². The van der Waals surface area contributed by atoms with Crippen LogP contribution < -0.4 is 5.73 Å². The van der Waals surface area contributed by atoms with Crippen LogP contribution in [-0.2, 0) is 6.42 Å². The standard InChI is InChI=1S/C22H33N5O.ClH/c1-2-3-4-5-6-7-8-9-10-17-11-13-18(14-12-17)20-25-21(28-26-20)19-15-27(16-19)22(23)24;/h11-14,19H,2-10,15-16H2,1H3,(H3,23,24);1H. The second kappa shape index (κ2) is 11.8. The number of aromatic nitrogens is 2. The molecule has 3 N–H and O–H groups in total. The summed E-state index contributed by atoms with van der Waals surface area (Å²) >= 11 is 0. The Kier molecular flexibility index (Phi) is 9.45. The Morgan fingerprint density at radius 3 is 2.31 bits per heavy atom. The predicted molar refractivity (Wildman–Crippen MR) is 120 cm³/mol. The SMILES string of the molecule is CCCCCCCCCCc1ccc(-c2noc(C3CN(C(=N)N)C3)n2)cc1.Cl. The van der Waals surface area contributed by atoms with Crippen LogP contribution in [0.5, 0.6) is 0 Å². The van der Waals surface area contributed by atoms with Gasteiger partial charge in [0.1, 0.15) is 0 Å². The summed E-state index contributed by atoms with van der Waals surface area (Å²) in [5, 5.41) is 11.5. The first kappa shape index (κ1) is 23.2. The Balaban J connectivity index is 0.00000300. The van der Waals surface area contributed by atoms with Gasteiger partial charge in [-0.3, -0.25) is 5.41 Å². The zero-order valence-electron chi connectivity index (χ0n) is 17.4. The summed E-state index contributed by atoms with van der Waals surface area (Å²) in [5.41, 5.74) is 7.82.